The van der Waals surface area contributed by atoms with Crippen LogP contribution in [0.15, 0.2) is 24.3 Å². The molecule has 1 saturated heterocycles. The van der Waals surface area contributed by atoms with Crippen molar-refractivity contribution in [3.05, 3.63) is 29.8 Å². The van der Waals surface area contributed by atoms with E-state index in [-0.39, 0.29) is 24.5 Å². The van der Waals surface area contributed by atoms with Gasteiger partial charge < -0.3 is 36.6 Å². The number of primary amides is 1. The van der Waals surface area contributed by atoms with Gasteiger partial charge in [-0.1, -0.05) is 26.0 Å². The van der Waals surface area contributed by atoms with Crippen LogP contribution in [0, 0.1) is 5.92 Å². The normalized spacial score (nSPS) is 18.6. The number of carbonyl (C=O) groups is 5. The number of hydrogen-bond acceptors (Lipinski definition) is 7. The number of hydrogen-bond donors (Lipinski definition) is 6. The maximum absolute atomic E-state index is 12.9. The number of aliphatic carboxylic acids is 1. The number of aromatic hydroxyl groups is 1. The van der Waals surface area contributed by atoms with Crippen molar-refractivity contribution < 1.29 is 38.9 Å². The number of epoxide rings is 1. The maximum Gasteiger partial charge on any atom is 0.322 e. The molecule has 4 amide bonds. The largest absolute Gasteiger partial charge is 0.508 e. The van der Waals surface area contributed by atoms with Gasteiger partial charge in [0.2, 0.25) is 11.8 Å². The van der Waals surface area contributed by atoms with Gasteiger partial charge in [-0.05, 0) is 30.0 Å². The molecule has 33 heavy (non-hydrogen) atoms. The van der Waals surface area contributed by atoms with Gasteiger partial charge in [0.1, 0.15) is 24.4 Å². The Morgan fingerprint density at radius 2 is 1.61 bits per heavy atom. The highest BCUT2D eigenvalue weighted by molar-refractivity contribution is 5.98. The second-order valence-corrected chi connectivity index (χ2v) is 8.11. The van der Waals surface area contributed by atoms with E-state index in [4.69, 9.17) is 15.6 Å². The molecule has 0 unspecified atom stereocenters. The summed E-state index contributed by atoms with van der Waals surface area (Å²) < 4.78 is 5.02. The average Bonchev–Trinajstić information content (AvgIpc) is 3.53. The Labute approximate surface area is 189 Å². The Bertz CT molecular complexity index is 902. The van der Waals surface area contributed by atoms with Crippen molar-refractivity contribution in [1.29, 1.82) is 0 Å². The lowest BCUT2D eigenvalue weighted by molar-refractivity contribution is -0.138. The molecule has 1 fully saturated rings. The van der Waals surface area contributed by atoms with Crippen molar-refractivity contribution in [2.24, 2.45) is 11.7 Å². The number of carboxylic acids is 1. The number of carbonyl (C=O) groups excluding carboxylic acids is 4. The lowest BCUT2D eigenvalue weighted by atomic mass is 10.0. The molecule has 12 heteroatoms. The highest BCUT2D eigenvalue weighted by Crippen LogP contribution is 2.23. The van der Waals surface area contributed by atoms with E-state index in [2.05, 4.69) is 16.0 Å². The van der Waals surface area contributed by atoms with Crippen LogP contribution in [0.3, 0.4) is 0 Å². The van der Waals surface area contributed by atoms with Gasteiger partial charge in [-0.15, -0.1) is 0 Å². The standard InChI is InChI=1S/C21H28N4O8/c1-10(2)7-14(25-21(32)17-16(33-17)20(31)23-9-15(27)28)19(30)24-13(18(22)29)8-11-3-5-12(26)6-4-11/h3-6,10,13-14,16-17,26H,7-9H2,1-2H3,(H2,22,29)(H,23,31)(H,24,30)(H,25,32)(H,27,28)/t13-,14-,16+,17+/m0/s1. The van der Waals surface area contributed by atoms with Crippen molar-refractivity contribution >= 4 is 29.6 Å². The molecular weight excluding hydrogens is 436 g/mol. The molecule has 0 aromatic heterocycles. The minimum Gasteiger partial charge on any atom is -0.508 e. The Kier molecular flexibility index (Phi) is 8.74. The third-order valence-corrected chi connectivity index (χ3v) is 4.80. The highest BCUT2D eigenvalue weighted by Gasteiger charge is 2.51. The molecule has 180 valence electrons. The average molecular weight is 464 g/mol. The zero-order valence-electron chi connectivity index (χ0n) is 18.2. The monoisotopic (exact) mass is 464 g/mol. The molecular formula is C21H28N4O8. The van der Waals surface area contributed by atoms with Crippen molar-refractivity contribution in [2.45, 2.75) is 51.0 Å². The molecule has 1 aliphatic rings. The number of benzene rings is 1. The molecule has 1 heterocycles. The number of rotatable bonds is 12. The Morgan fingerprint density at radius 3 is 2.15 bits per heavy atom. The van der Waals surface area contributed by atoms with Gasteiger partial charge in [0, 0.05) is 6.42 Å². The smallest absolute Gasteiger partial charge is 0.322 e. The van der Waals surface area contributed by atoms with Crippen LogP contribution in [-0.2, 0) is 35.1 Å². The van der Waals surface area contributed by atoms with Crippen LogP contribution in [0.2, 0.25) is 0 Å². The summed E-state index contributed by atoms with van der Waals surface area (Å²) in [5, 5.41) is 25.1. The third-order valence-electron chi connectivity index (χ3n) is 4.80. The molecule has 0 aliphatic carbocycles. The van der Waals surface area contributed by atoms with Crippen LogP contribution in [0.4, 0.5) is 0 Å². The van der Waals surface area contributed by atoms with E-state index in [1.807, 2.05) is 13.8 Å². The van der Waals surface area contributed by atoms with E-state index in [9.17, 15) is 29.1 Å². The second kappa shape index (κ2) is 11.3. The van der Waals surface area contributed by atoms with Gasteiger partial charge in [-0.3, -0.25) is 24.0 Å². The number of nitrogens with two attached hydrogens (primary N) is 1. The first-order valence-electron chi connectivity index (χ1n) is 10.3. The van der Waals surface area contributed by atoms with Gasteiger partial charge in [0.15, 0.2) is 12.2 Å². The number of phenolic OH excluding ortho intramolecular Hbond substituents is 1. The molecule has 12 nitrogen and oxygen atoms in total. The summed E-state index contributed by atoms with van der Waals surface area (Å²) >= 11 is 0. The van der Waals surface area contributed by atoms with E-state index >= 15 is 0 Å². The number of ether oxygens (including phenoxy) is 1. The predicted octanol–water partition coefficient (Wildman–Crippen LogP) is -1.60. The zero-order chi connectivity index (χ0) is 24.7. The Morgan fingerprint density at radius 1 is 1.00 bits per heavy atom. The summed E-state index contributed by atoms with van der Waals surface area (Å²) in [6, 6.07) is 3.98. The minimum atomic E-state index is -1.24. The molecule has 1 aliphatic heterocycles. The number of amides is 4. The van der Waals surface area contributed by atoms with E-state index in [1.165, 1.54) is 12.1 Å². The van der Waals surface area contributed by atoms with E-state index < -0.39 is 60.4 Å². The maximum atomic E-state index is 12.9. The molecule has 0 bridgehead atoms. The summed E-state index contributed by atoms with van der Waals surface area (Å²) in [5.41, 5.74) is 6.08. The molecule has 2 rings (SSSR count). The summed E-state index contributed by atoms with van der Waals surface area (Å²) in [6.45, 7) is 3.06. The minimum absolute atomic E-state index is 0.0000369. The predicted molar refractivity (Wildman–Crippen MR) is 114 cm³/mol. The Hall–Kier alpha value is -3.67. The zero-order valence-corrected chi connectivity index (χ0v) is 18.2. The fourth-order valence-electron chi connectivity index (χ4n) is 3.09. The molecule has 7 N–H and O–H groups in total. The molecule has 1 aromatic carbocycles. The van der Waals surface area contributed by atoms with Crippen LogP contribution < -0.4 is 21.7 Å². The van der Waals surface area contributed by atoms with Crippen LogP contribution in [0.25, 0.3) is 0 Å². The summed E-state index contributed by atoms with van der Waals surface area (Å²) in [4.78, 5) is 59.5. The van der Waals surface area contributed by atoms with E-state index in [0.29, 0.717) is 5.56 Å². The third kappa shape index (κ3) is 8.07. The molecule has 4 atom stereocenters. The Balaban J connectivity index is 1.99. The SMILES string of the molecule is CC(C)C[C@H](NC(=O)[C@@H]1O[C@H]1C(=O)NCC(=O)O)C(=O)N[C@@H](Cc1ccc(O)cc1)C(N)=O. The van der Waals surface area contributed by atoms with Gasteiger partial charge in [-0.2, -0.15) is 0 Å². The van der Waals surface area contributed by atoms with Crippen molar-refractivity contribution in [3.8, 4) is 5.75 Å². The first kappa shape index (κ1) is 25.6. The number of phenols is 1. The van der Waals surface area contributed by atoms with Gasteiger partial charge in [0.25, 0.3) is 11.8 Å². The van der Waals surface area contributed by atoms with Gasteiger partial charge in [-0.25, -0.2) is 0 Å². The van der Waals surface area contributed by atoms with Crippen LogP contribution >= 0.6 is 0 Å². The topological polar surface area (TPSA) is 200 Å². The molecule has 0 radical (unpaired) electrons. The quantitative estimate of drug-likeness (QED) is 0.199. The molecule has 0 spiro atoms. The highest BCUT2D eigenvalue weighted by atomic mass is 16.6. The fourth-order valence-corrected chi connectivity index (χ4v) is 3.09. The van der Waals surface area contributed by atoms with Crippen LogP contribution in [0.1, 0.15) is 25.8 Å². The summed E-state index contributed by atoms with van der Waals surface area (Å²) in [6.07, 6.45) is -1.96. The van der Waals surface area contributed by atoms with Crippen LogP contribution in [-0.4, -0.2) is 70.6 Å². The lowest BCUT2D eigenvalue weighted by Crippen LogP contribution is -2.54. The van der Waals surface area contributed by atoms with Crippen molar-refractivity contribution in [3.63, 3.8) is 0 Å². The number of carboxylic acid groups (broad SMARTS) is 1. The summed E-state index contributed by atoms with van der Waals surface area (Å²) in [5.74, 6) is -4.05. The van der Waals surface area contributed by atoms with Crippen molar-refractivity contribution in [1.82, 2.24) is 16.0 Å². The first-order chi connectivity index (χ1) is 15.5. The van der Waals surface area contributed by atoms with E-state index in [0.717, 1.165) is 0 Å². The molecule has 1 aromatic rings. The van der Waals surface area contributed by atoms with Crippen LogP contribution in [0.5, 0.6) is 5.75 Å². The van der Waals surface area contributed by atoms with E-state index in [1.54, 1.807) is 12.1 Å². The lowest BCUT2D eigenvalue weighted by Gasteiger charge is -2.23. The first-order valence-corrected chi connectivity index (χ1v) is 10.3. The second-order valence-electron chi connectivity index (χ2n) is 8.11. The molecule has 0 saturated carbocycles. The van der Waals surface area contributed by atoms with Gasteiger partial charge in [0.05, 0.1) is 0 Å². The van der Waals surface area contributed by atoms with Crippen molar-refractivity contribution in [2.75, 3.05) is 6.54 Å². The fraction of sp³-hybridized carbons (Fsp3) is 0.476. The number of nitrogens with one attached hydrogen (secondary N) is 3. The van der Waals surface area contributed by atoms with Gasteiger partial charge >= 0.3 is 5.97 Å². The summed E-state index contributed by atoms with van der Waals surface area (Å²) in [7, 11) is 0.